The summed E-state index contributed by atoms with van der Waals surface area (Å²) in [6, 6.07) is 12.4. The molecule has 1 N–H and O–H groups in total. The summed E-state index contributed by atoms with van der Waals surface area (Å²) in [6.07, 6.45) is 0.476. The Morgan fingerprint density at radius 2 is 1.89 bits per heavy atom. The molecule has 0 atom stereocenters. The summed E-state index contributed by atoms with van der Waals surface area (Å²) in [4.78, 5) is 24.9. The minimum Gasteiger partial charge on any atom is -0.354 e. The SMILES string of the molecule is O=C1CCN(c2nc(-c3ccsc3)nc3scc(-c4ccccc4)c23)CCN1. The van der Waals surface area contributed by atoms with Crippen LogP contribution in [-0.2, 0) is 4.79 Å². The van der Waals surface area contributed by atoms with Crippen LogP contribution in [0.3, 0.4) is 0 Å². The first-order valence-electron chi connectivity index (χ1n) is 9.18. The van der Waals surface area contributed by atoms with Crippen molar-refractivity contribution in [2.75, 3.05) is 24.5 Å². The molecule has 3 aromatic heterocycles. The molecule has 140 valence electrons. The largest absolute Gasteiger partial charge is 0.354 e. The molecule has 0 spiro atoms. The molecule has 5 rings (SSSR count). The maximum atomic E-state index is 11.8. The van der Waals surface area contributed by atoms with E-state index in [1.807, 2.05) is 23.6 Å². The predicted octanol–water partition coefficient (Wildman–Crippen LogP) is 4.41. The topological polar surface area (TPSA) is 58.1 Å². The molecule has 4 aromatic rings. The normalized spacial score (nSPS) is 14.9. The summed E-state index contributed by atoms with van der Waals surface area (Å²) in [5, 5.41) is 10.3. The third-order valence-electron chi connectivity index (χ3n) is 4.89. The van der Waals surface area contributed by atoms with E-state index in [-0.39, 0.29) is 5.91 Å². The fourth-order valence-corrected chi connectivity index (χ4v) is 5.06. The van der Waals surface area contributed by atoms with Crippen molar-refractivity contribution in [3.63, 3.8) is 0 Å². The number of carbonyl (C=O) groups is 1. The average molecular weight is 407 g/mol. The highest BCUT2D eigenvalue weighted by atomic mass is 32.1. The van der Waals surface area contributed by atoms with Crippen LogP contribution in [0.15, 0.2) is 52.5 Å². The van der Waals surface area contributed by atoms with E-state index in [1.165, 1.54) is 0 Å². The molecule has 0 bridgehead atoms. The lowest BCUT2D eigenvalue weighted by Crippen LogP contribution is -2.29. The minimum atomic E-state index is 0.0967. The van der Waals surface area contributed by atoms with Crippen LogP contribution in [0.4, 0.5) is 5.82 Å². The van der Waals surface area contributed by atoms with Gasteiger partial charge in [0.1, 0.15) is 10.6 Å². The first-order chi connectivity index (χ1) is 13.8. The molecule has 1 aliphatic rings. The predicted molar refractivity (Wildman–Crippen MR) is 116 cm³/mol. The smallest absolute Gasteiger partial charge is 0.221 e. The van der Waals surface area contributed by atoms with E-state index in [2.05, 4.69) is 39.2 Å². The minimum absolute atomic E-state index is 0.0967. The zero-order valence-corrected chi connectivity index (χ0v) is 16.7. The van der Waals surface area contributed by atoms with Gasteiger partial charge in [0.2, 0.25) is 5.91 Å². The summed E-state index contributed by atoms with van der Waals surface area (Å²) in [6.45, 7) is 2.03. The number of carbonyl (C=O) groups excluding carboxylic acids is 1. The van der Waals surface area contributed by atoms with Crippen molar-refractivity contribution in [1.29, 1.82) is 0 Å². The summed E-state index contributed by atoms with van der Waals surface area (Å²) >= 11 is 3.29. The first-order valence-corrected chi connectivity index (χ1v) is 11.0. The molecule has 5 nitrogen and oxygen atoms in total. The molecule has 0 aliphatic carbocycles. The van der Waals surface area contributed by atoms with Crippen molar-refractivity contribution in [1.82, 2.24) is 15.3 Å². The van der Waals surface area contributed by atoms with Crippen LogP contribution in [0.5, 0.6) is 0 Å². The average Bonchev–Trinajstić information content (AvgIpc) is 3.36. The first kappa shape index (κ1) is 17.3. The van der Waals surface area contributed by atoms with Gasteiger partial charge >= 0.3 is 0 Å². The van der Waals surface area contributed by atoms with Gasteiger partial charge in [-0.25, -0.2) is 9.97 Å². The van der Waals surface area contributed by atoms with Crippen molar-refractivity contribution >= 4 is 44.6 Å². The van der Waals surface area contributed by atoms with Crippen molar-refractivity contribution in [2.45, 2.75) is 6.42 Å². The molecule has 4 heterocycles. The molecule has 0 unspecified atom stereocenters. The third kappa shape index (κ3) is 3.16. The van der Waals surface area contributed by atoms with E-state index in [9.17, 15) is 4.79 Å². The van der Waals surface area contributed by atoms with Crippen LogP contribution in [-0.4, -0.2) is 35.5 Å². The fraction of sp³-hybridized carbons (Fsp3) is 0.190. The Bertz CT molecular complexity index is 1120. The van der Waals surface area contributed by atoms with Crippen LogP contribution in [0.25, 0.3) is 32.7 Å². The monoisotopic (exact) mass is 406 g/mol. The molecular formula is C21H18N4OS2. The van der Waals surface area contributed by atoms with Crippen LogP contribution >= 0.6 is 22.7 Å². The zero-order valence-electron chi connectivity index (χ0n) is 15.1. The van der Waals surface area contributed by atoms with Crippen molar-refractivity contribution in [3.05, 3.63) is 52.5 Å². The number of hydrogen-bond donors (Lipinski definition) is 1. The molecule has 0 radical (unpaired) electrons. The van der Waals surface area contributed by atoms with E-state index >= 15 is 0 Å². The molecular weight excluding hydrogens is 388 g/mol. The van der Waals surface area contributed by atoms with Gasteiger partial charge < -0.3 is 10.2 Å². The van der Waals surface area contributed by atoms with Gasteiger partial charge in [-0.2, -0.15) is 11.3 Å². The summed E-state index contributed by atoms with van der Waals surface area (Å²) < 4.78 is 0. The van der Waals surface area contributed by atoms with E-state index in [1.54, 1.807) is 22.7 Å². The van der Waals surface area contributed by atoms with Gasteiger partial charge in [0.25, 0.3) is 0 Å². The highest BCUT2D eigenvalue weighted by molar-refractivity contribution is 7.17. The Balaban J connectivity index is 1.71. The molecule has 1 fully saturated rings. The van der Waals surface area contributed by atoms with Gasteiger partial charge in [0.15, 0.2) is 5.82 Å². The molecule has 28 heavy (non-hydrogen) atoms. The lowest BCUT2D eigenvalue weighted by Gasteiger charge is -2.22. The second-order valence-corrected chi connectivity index (χ2v) is 8.30. The number of rotatable bonds is 3. The van der Waals surface area contributed by atoms with E-state index < -0.39 is 0 Å². The Morgan fingerprint density at radius 1 is 1.00 bits per heavy atom. The lowest BCUT2D eigenvalue weighted by molar-refractivity contribution is -0.120. The van der Waals surface area contributed by atoms with Crippen LogP contribution in [0.1, 0.15) is 6.42 Å². The van der Waals surface area contributed by atoms with E-state index in [0.717, 1.165) is 45.1 Å². The maximum Gasteiger partial charge on any atom is 0.221 e. The fourth-order valence-electron chi connectivity index (χ4n) is 3.48. The van der Waals surface area contributed by atoms with Gasteiger partial charge in [0.05, 0.1) is 5.39 Å². The number of fused-ring (bicyclic) bond motifs is 1. The molecule has 1 aliphatic heterocycles. The standard InChI is InChI=1S/C21H18N4OS2/c26-17-6-9-25(10-8-22-17)20-18-16(14-4-2-1-3-5-14)13-28-21(18)24-19(23-20)15-7-11-27-12-15/h1-5,7,11-13H,6,8-10H2,(H,22,26). The molecule has 1 saturated heterocycles. The number of amides is 1. The van der Waals surface area contributed by atoms with Crippen LogP contribution in [0, 0.1) is 0 Å². The molecule has 0 saturated carbocycles. The van der Waals surface area contributed by atoms with E-state index in [0.29, 0.717) is 19.5 Å². The Labute approximate surface area is 170 Å². The van der Waals surface area contributed by atoms with Gasteiger partial charge in [-0.1, -0.05) is 30.3 Å². The number of thiophene rings is 2. The Kier molecular flexibility index (Phi) is 4.54. The van der Waals surface area contributed by atoms with Crippen molar-refractivity contribution in [2.24, 2.45) is 0 Å². The Morgan fingerprint density at radius 3 is 2.71 bits per heavy atom. The number of benzene rings is 1. The molecule has 7 heteroatoms. The summed E-state index contributed by atoms with van der Waals surface area (Å²) in [7, 11) is 0. The van der Waals surface area contributed by atoms with Gasteiger partial charge in [-0.3, -0.25) is 4.79 Å². The number of anilines is 1. The highest BCUT2D eigenvalue weighted by Crippen LogP contribution is 2.39. The van der Waals surface area contributed by atoms with Crippen LogP contribution < -0.4 is 10.2 Å². The quantitative estimate of drug-likeness (QED) is 0.547. The van der Waals surface area contributed by atoms with Crippen LogP contribution in [0.2, 0.25) is 0 Å². The molecule has 1 aromatic carbocycles. The lowest BCUT2D eigenvalue weighted by atomic mass is 10.1. The third-order valence-corrected chi connectivity index (χ3v) is 6.45. The molecule has 1 amide bonds. The Hall–Kier alpha value is -2.77. The highest BCUT2D eigenvalue weighted by Gasteiger charge is 2.22. The maximum absolute atomic E-state index is 11.8. The zero-order chi connectivity index (χ0) is 18.9. The van der Waals surface area contributed by atoms with Gasteiger partial charge in [-0.05, 0) is 17.0 Å². The van der Waals surface area contributed by atoms with Gasteiger partial charge in [0, 0.05) is 47.9 Å². The number of nitrogens with zero attached hydrogens (tertiary/aromatic N) is 3. The van der Waals surface area contributed by atoms with Crippen molar-refractivity contribution in [3.8, 4) is 22.5 Å². The van der Waals surface area contributed by atoms with Gasteiger partial charge in [-0.15, -0.1) is 11.3 Å². The summed E-state index contributed by atoms with van der Waals surface area (Å²) in [5.74, 6) is 1.76. The number of aromatic nitrogens is 2. The summed E-state index contributed by atoms with van der Waals surface area (Å²) in [5.41, 5.74) is 3.34. The van der Waals surface area contributed by atoms with E-state index in [4.69, 9.17) is 9.97 Å². The second kappa shape index (κ2) is 7.33. The second-order valence-electron chi connectivity index (χ2n) is 6.67. The number of hydrogen-bond acceptors (Lipinski definition) is 6. The number of nitrogens with one attached hydrogen (secondary N) is 1. The van der Waals surface area contributed by atoms with Crippen molar-refractivity contribution < 1.29 is 4.79 Å².